The van der Waals surface area contributed by atoms with Crippen molar-refractivity contribution in [2.45, 2.75) is 13.8 Å². The smallest absolute Gasteiger partial charge is 0.255 e. The Hall–Kier alpha value is -1.37. The molecule has 1 aliphatic heterocycles. The molecule has 2 heterocycles. The first kappa shape index (κ1) is 19.0. The van der Waals surface area contributed by atoms with Gasteiger partial charge in [0.2, 0.25) is 0 Å². The van der Waals surface area contributed by atoms with Gasteiger partial charge in [-0.1, -0.05) is 0 Å². The van der Waals surface area contributed by atoms with E-state index in [1.807, 2.05) is 36.4 Å². The number of carbonyl (C=O) groups is 1. The fourth-order valence-electron chi connectivity index (χ4n) is 3.50. The molecular weight excluding hydrogens is 306 g/mol. The second-order valence-electron chi connectivity index (χ2n) is 7.01. The number of ether oxygens (including phenoxy) is 1. The summed E-state index contributed by atoms with van der Waals surface area (Å²) < 4.78 is 7.16. The van der Waals surface area contributed by atoms with Gasteiger partial charge >= 0.3 is 0 Å². The van der Waals surface area contributed by atoms with Gasteiger partial charge in [-0.05, 0) is 32.9 Å². The third-order valence-corrected chi connectivity index (χ3v) is 5.33. The Morgan fingerprint density at radius 1 is 1.38 bits per heavy atom. The standard InChI is InChI=1S/C18H31N3O3/c1-13-8-17(14(2)20(13)4)18(23)21-10-15(16(11-21)12-22)9-19(3)6-7-24-5/h8,15-16,22H,6-7,9-12H2,1-5H3/t15-,16-/m1/s1. The molecule has 0 bridgehead atoms. The first-order valence-corrected chi connectivity index (χ1v) is 8.59. The molecule has 0 unspecified atom stereocenters. The van der Waals surface area contributed by atoms with Crippen molar-refractivity contribution < 1.29 is 14.6 Å². The first-order valence-electron chi connectivity index (χ1n) is 8.59. The molecule has 6 nitrogen and oxygen atoms in total. The molecule has 0 radical (unpaired) electrons. The zero-order chi connectivity index (χ0) is 17.9. The monoisotopic (exact) mass is 337 g/mol. The fourth-order valence-corrected chi connectivity index (χ4v) is 3.50. The number of hydrogen-bond acceptors (Lipinski definition) is 4. The Balaban J connectivity index is 2.04. The van der Waals surface area contributed by atoms with Crippen molar-refractivity contribution in [2.75, 3.05) is 53.6 Å². The summed E-state index contributed by atoms with van der Waals surface area (Å²) in [5, 5.41) is 9.71. The van der Waals surface area contributed by atoms with E-state index in [-0.39, 0.29) is 18.4 Å². The maximum Gasteiger partial charge on any atom is 0.255 e. The number of amides is 1. The molecule has 2 rings (SSSR count). The minimum atomic E-state index is 0.0803. The molecule has 0 aromatic carbocycles. The van der Waals surface area contributed by atoms with Gasteiger partial charge in [-0.25, -0.2) is 0 Å². The zero-order valence-electron chi connectivity index (χ0n) is 15.6. The van der Waals surface area contributed by atoms with Crippen LogP contribution >= 0.6 is 0 Å². The highest BCUT2D eigenvalue weighted by molar-refractivity contribution is 5.96. The summed E-state index contributed by atoms with van der Waals surface area (Å²) in [5.41, 5.74) is 2.86. The number of nitrogens with zero attached hydrogens (tertiary/aromatic N) is 3. The normalized spacial score (nSPS) is 21.0. The van der Waals surface area contributed by atoms with Gasteiger partial charge < -0.3 is 24.2 Å². The lowest BCUT2D eigenvalue weighted by Crippen LogP contribution is -2.33. The van der Waals surface area contributed by atoms with Gasteiger partial charge in [0.25, 0.3) is 5.91 Å². The van der Waals surface area contributed by atoms with E-state index in [1.54, 1.807) is 7.11 Å². The molecule has 24 heavy (non-hydrogen) atoms. The number of rotatable bonds is 7. The minimum absolute atomic E-state index is 0.0803. The molecule has 1 saturated heterocycles. The van der Waals surface area contributed by atoms with Crippen LogP contribution in [0, 0.1) is 25.7 Å². The predicted molar refractivity (Wildman–Crippen MR) is 94.2 cm³/mol. The summed E-state index contributed by atoms with van der Waals surface area (Å²) in [4.78, 5) is 17.0. The van der Waals surface area contributed by atoms with Crippen molar-refractivity contribution in [1.82, 2.24) is 14.4 Å². The van der Waals surface area contributed by atoms with Crippen LogP contribution < -0.4 is 0 Å². The van der Waals surface area contributed by atoms with Gasteiger partial charge in [0.15, 0.2) is 0 Å². The molecule has 1 aromatic rings. The molecule has 1 N–H and O–H groups in total. The third kappa shape index (κ3) is 3.99. The number of carbonyl (C=O) groups excluding carboxylic acids is 1. The van der Waals surface area contributed by atoms with Crippen molar-refractivity contribution >= 4 is 5.91 Å². The summed E-state index contributed by atoms with van der Waals surface area (Å²) >= 11 is 0. The predicted octanol–water partition coefficient (Wildman–Crippen LogP) is 0.901. The van der Waals surface area contributed by atoms with Crippen molar-refractivity contribution in [2.24, 2.45) is 18.9 Å². The molecule has 2 atom stereocenters. The van der Waals surface area contributed by atoms with Crippen LogP contribution in [0.15, 0.2) is 6.07 Å². The lowest BCUT2D eigenvalue weighted by molar-refractivity contribution is 0.0778. The topological polar surface area (TPSA) is 57.9 Å². The summed E-state index contributed by atoms with van der Waals surface area (Å²) in [7, 11) is 5.74. The highest BCUT2D eigenvalue weighted by Crippen LogP contribution is 2.26. The lowest BCUT2D eigenvalue weighted by Gasteiger charge is -2.23. The molecular formula is C18H31N3O3. The van der Waals surface area contributed by atoms with Gasteiger partial charge in [0, 0.05) is 64.2 Å². The van der Waals surface area contributed by atoms with Gasteiger partial charge in [0.05, 0.1) is 12.2 Å². The quantitative estimate of drug-likeness (QED) is 0.803. The Labute approximate surface area is 145 Å². The Kier molecular flexibility index (Phi) is 6.43. The number of likely N-dealkylation sites (tertiary alicyclic amines) is 1. The molecule has 0 spiro atoms. The van der Waals surface area contributed by atoms with Gasteiger partial charge in [-0.2, -0.15) is 0 Å². The SMILES string of the molecule is COCCN(C)C[C@@H]1CN(C(=O)c2cc(C)n(C)c2C)C[C@@H]1CO. The van der Waals surface area contributed by atoms with Crippen LogP contribution in [-0.2, 0) is 11.8 Å². The second kappa shape index (κ2) is 8.14. The van der Waals surface area contributed by atoms with Gasteiger partial charge in [-0.15, -0.1) is 0 Å². The molecule has 0 aliphatic carbocycles. The van der Waals surface area contributed by atoms with Gasteiger partial charge in [0.1, 0.15) is 0 Å². The summed E-state index contributed by atoms with van der Waals surface area (Å²) in [6, 6.07) is 1.96. The minimum Gasteiger partial charge on any atom is -0.396 e. The highest BCUT2D eigenvalue weighted by atomic mass is 16.5. The number of aryl methyl sites for hydroxylation is 1. The highest BCUT2D eigenvalue weighted by Gasteiger charge is 2.36. The first-order chi connectivity index (χ1) is 11.4. The molecule has 0 saturated carbocycles. The van der Waals surface area contributed by atoms with Crippen molar-refractivity contribution in [3.8, 4) is 0 Å². The van der Waals surface area contributed by atoms with E-state index in [1.165, 1.54) is 0 Å². The van der Waals surface area contributed by atoms with Crippen LogP contribution in [0.25, 0.3) is 0 Å². The summed E-state index contributed by atoms with van der Waals surface area (Å²) in [6.07, 6.45) is 0. The largest absolute Gasteiger partial charge is 0.396 e. The molecule has 1 amide bonds. The second-order valence-corrected chi connectivity index (χ2v) is 7.01. The number of aliphatic hydroxyl groups is 1. The van der Waals surface area contributed by atoms with Crippen molar-refractivity contribution in [1.29, 1.82) is 0 Å². The third-order valence-electron chi connectivity index (χ3n) is 5.33. The van der Waals surface area contributed by atoms with Crippen LogP contribution in [0.1, 0.15) is 21.7 Å². The van der Waals surface area contributed by atoms with Crippen LogP contribution in [0.4, 0.5) is 0 Å². The van der Waals surface area contributed by atoms with Crippen molar-refractivity contribution in [3.05, 3.63) is 23.0 Å². The fraction of sp³-hybridized carbons (Fsp3) is 0.722. The van der Waals surface area contributed by atoms with Crippen LogP contribution in [0.3, 0.4) is 0 Å². The van der Waals surface area contributed by atoms with Gasteiger partial charge in [-0.3, -0.25) is 4.79 Å². The van der Waals surface area contributed by atoms with E-state index < -0.39 is 0 Å². The maximum absolute atomic E-state index is 12.9. The number of aliphatic hydroxyl groups excluding tert-OH is 1. The number of methoxy groups -OCH3 is 1. The molecule has 1 aliphatic rings. The zero-order valence-corrected chi connectivity index (χ0v) is 15.6. The van der Waals surface area contributed by atoms with E-state index in [0.717, 1.165) is 30.0 Å². The number of likely N-dealkylation sites (N-methyl/N-ethyl adjacent to an activating group) is 1. The molecule has 1 aromatic heterocycles. The Bertz CT molecular complexity index is 570. The van der Waals surface area contributed by atoms with Crippen LogP contribution in [0.5, 0.6) is 0 Å². The molecule has 1 fully saturated rings. The molecule has 6 heteroatoms. The summed E-state index contributed by atoms with van der Waals surface area (Å²) in [6.45, 7) is 7.87. The van der Waals surface area contributed by atoms with E-state index in [2.05, 4.69) is 11.9 Å². The van der Waals surface area contributed by atoms with Crippen molar-refractivity contribution in [3.63, 3.8) is 0 Å². The van der Waals surface area contributed by atoms with E-state index in [4.69, 9.17) is 4.74 Å². The summed E-state index contributed by atoms with van der Waals surface area (Å²) in [5.74, 6) is 0.520. The van der Waals surface area contributed by atoms with E-state index in [0.29, 0.717) is 25.6 Å². The Morgan fingerprint density at radius 2 is 2.04 bits per heavy atom. The van der Waals surface area contributed by atoms with E-state index in [9.17, 15) is 9.90 Å². The number of hydrogen-bond donors (Lipinski definition) is 1. The average molecular weight is 337 g/mol. The van der Waals surface area contributed by atoms with E-state index >= 15 is 0 Å². The van der Waals surface area contributed by atoms with Crippen LogP contribution in [-0.4, -0.2) is 78.9 Å². The lowest BCUT2D eigenvalue weighted by atomic mass is 9.96. The Morgan fingerprint density at radius 3 is 2.58 bits per heavy atom. The van der Waals surface area contributed by atoms with Crippen LogP contribution in [0.2, 0.25) is 0 Å². The maximum atomic E-state index is 12.9. The number of aromatic nitrogens is 1. The average Bonchev–Trinajstić information content (AvgIpc) is 3.08. The molecule has 136 valence electrons.